The quantitative estimate of drug-likeness (QED) is 0.835. The van der Waals surface area contributed by atoms with Crippen LogP contribution in [-0.4, -0.2) is 12.6 Å². The minimum atomic E-state index is 0.495. The molecule has 0 aliphatic rings. The molecule has 2 heteroatoms. The smallest absolute Gasteiger partial charge is 0.0406 e. The summed E-state index contributed by atoms with van der Waals surface area (Å²) in [5.41, 5.74) is 2.71. The number of benzene rings is 2. The number of rotatable bonds is 6. The molecule has 1 nitrogen and oxygen atoms in total. The first-order valence-corrected chi connectivity index (χ1v) is 7.13. The molecule has 19 heavy (non-hydrogen) atoms. The first-order valence-electron chi connectivity index (χ1n) is 6.76. The van der Waals surface area contributed by atoms with Crippen LogP contribution in [0.1, 0.15) is 18.1 Å². The molecule has 0 aromatic heterocycles. The average Bonchev–Trinajstić information content (AvgIpc) is 2.42. The molecule has 0 bridgehead atoms. The van der Waals surface area contributed by atoms with Gasteiger partial charge in [0.1, 0.15) is 0 Å². The zero-order valence-corrected chi connectivity index (χ0v) is 12.0. The summed E-state index contributed by atoms with van der Waals surface area (Å²) in [6, 6.07) is 19.2. The van der Waals surface area contributed by atoms with Crippen LogP contribution in [0.25, 0.3) is 0 Å². The summed E-state index contributed by atoms with van der Waals surface area (Å²) in [6.45, 7) is 3.23. The SMILES string of the molecule is CC(Cc1ccccc1)NCCc1ccc(Cl)cc1. The fourth-order valence-electron chi connectivity index (χ4n) is 2.15. The Kier molecular flexibility index (Phi) is 5.44. The van der Waals surface area contributed by atoms with E-state index in [4.69, 9.17) is 11.6 Å². The van der Waals surface area contributed by atoms with E-state index < -0.39 is 0 Å². The molecule has 0 aliphatic carbocycles. The third-order valence-corrected chi connectivity index (χ3v) is 3.46. The lowest BCUT2D eigenvalue weighted by atomic mass is 10.1. The van der Waals surface area contributed by atoms with Gasteiger partial charge in [-0.25, -0.2) is 0 Å². The normalized spacial score (nSPS) is 12.3. The van der Waals surface area contributed by atoms with E-state index in [1.807, 2.05) is 12.1 Å². The number of hydrogen-bond acceptors (Lipinski definition) is 1. The highest BCUT2D eigenvalue weighted by Crippen LogP contribution is 2.09. The topological polar surface area (TPSA) is 12.0 Å². The van der Waals surface area contributed by atoms with Crippen LogP contribution in [0.2, 0.25) is 5.02 Å². The predicted molar refractivity (Wildman–Crippen MR) is 82.8 cm³/mol. The molecule has 0 fully saturated rings. The molecule has 1 N–H and O–H groups in total. The summed E-state index contributed by atoms with van der Waals surface area (Å²) in [4.78, 5) is 0. The molecule has 2 aromatic rings. The Bertz CT molecular complexity index is 478. The molecule has 0 heterocycles. The number of nitrogens with one attached hydrogen (secondary N) is 1. The molecule has 100 valence electrons. The van der Waals surface area contributed by atoms with Gasteiger partial charge < -0.3 is 5.32 Å². The second-order valence-electron chi connectivity index (χ2n) is 4.92. The zero-order valence-electron chi connectivity index (χ0n) is 11.3. The van der Waals surface area contributed by atoms with Gasteiger partial charge in [0.15, 0.2) is 0 Å². The fraction of sp³-hybridized carbons (Fsp3) is 0.294. The van der Waals surface area contributed by atoms with Gasteiger partial charge in [-0.15, -0.1) is 0 Å². The highest BCUT2D eigenvalue weighted by molar-refractivity contribution is 6.30. The van der Waals surface area contributed by atoms with Gasteiger partial charge in [0.05, 0.1) is 0 Å². The Morgan fingerprint density at radius 3 is 2.32 bits per heavy atom. The van der Waals surface area contributed by atoms with E-state index in [0.29, 0.717) is 6.04 Å². The maximum absolute atomic E-state index is 5.87. The Morgan fingerprint density at radius 2 is 1.63 bits per heavy atom. The largest absolute Gasteiger partial charge is 0.314 e. The standard InChI is InChI=1S/C17H20ClN/c1-14(13-16-5-3-2-4-6-16)19-12-11-15-7-9-17(18)10-8-15/h2-10,14,19H,11-13H2,1H3. The Labute approximate surface area is 120 Å². The van der Waals surface area contributed by atoms with Crippen molar-refractivity contribution >= 4 is 11.6 Å². The third-order valence-electron chi connectivity index (χ3n) is 3.20. The minimum Gasteiger partial charge on any atom is -0.314 e. The lowest BCUT2D eigenvalue weighted by Gasteiger charge is -2.13. The van der Waals surface area contributed by atoms with Crippen LogP contribution in [0.4, 0.5) is 0 Å². The monoisotopic (exact) mass is 273 g/mol. The third kappa shape index (κ3) is 5.06. The van der Waals surface area contributed by atoms with Crippen LogP contribution in [0.15, 0.2) is 54.6 Å². The van der Waals surface area contributed by atoms with Crippen LogP contribution < -0.4 is 5.32 Å². The Balaban J connectivity index is 1.72. The van der Waals surface area contributed by atoms with Gasteiger partial charge in [-0.2, -0.15) is 0 Å². The van der Waals surface area contributed by atoms with Crippen LogP contribution in [-0.2, 0) is 12.8 Å². The molecular formula is C17H20ClN. The van der Waals surface area contributed by atoms with E-state index in [0.717, 1.165) is 24.4 Å². The van der Waals surface area contributed by atoms with E-state index >= 15 is 0 Å². The first-order chi connectivity index (χ1) is 9.24. The first kappa shape index (κ1) is 14.1. The van der Waals surface area contributed by atoms with Crippen LogP contribution in [0, 0.1) is 0 Å². The van der Waals surface area contributed by atoms with Crippen LogP contribution >= 0.6 is 11.6 Å². The van der Waals surface area contributed by atoms with Crippen molar-refractivity contribution in [1.29, 1.82) is 0 Å². The van der Waals surface area contributed by atoms with Crippen molar-refractivity contribution in [1.82, 2.24) is 5.32 Å². The lowest BCUT2D eigenvalue weighted by Crippen LogP contribution is -2.29. The molecule has 0 radical (unpaired) electrons. The molecule has 1 atom stereocenters. The predicted octanol–water partition coefficient (Wildman–Crippen LogP) is 4.10. The van der Waals surface area contributed by atoms with Crippen molar-refractivity contribution in [3.8, 4) is 0 Å². The van der Waals surface area contributed by atoms with Gasteiger partial charge in [0, 0.05) is 11.1 Å². The van der Waals surface area contributed by atoms with E-state index in [-0.39, 0.29) is 0 Å². The number of halogens is 1. The molecule has 0 amide bonds. The van der Waals surface area contributed by atoms with Crippen molar-refractivity contribution < 1.29 is 0 Å². The van der Waals surface area contributed by atoms with Crippen molar-refractivity contribution in [2.75, 3.05) is 6.54 Å². The Hall–Kier alpha value is -1.31. The van der Waals surface area contributed by atoms with E-state index in [1.54, 1.807) is 0 Å². The highest BCUT2D eigenvalue weighted by atomic mass is 35.5. The summed E-state index contributed by atoms with van der Waals surface area (Å²) >= 11 is 5.87. The van der Waals surface area contributed by atoms with Gasteiger partial charge in [-0.1, -0.05) is 54.1 Å². The van der Waals surface area contributed by atoms with Crippen molar-refractivity contribution in [2.24, 2.45) is 0 Å². The molecule has 0 saturated heterocycles. The summed E-state index contributed by atoms with van der Waals surface area (Å²) in [6.07, 6.45) is 2.11. The number of hydrogen-bond donors (Lipinski definition) is 1. The molecule has 0 aliphatic heterocycles. The molecule has 2 aromatic carbocycles. The molecule has 0 saturated carbocycles. The molecule has 0 spiro atoms. The lowest BCUT2D eigenvalue weighted by molar-refractivity contribution is 0.548. The second kappa shape index (κ2) is 7.32. The van der Waals surface area contributed by atoms with Crippen molar-refractivity contribution in [3.63, 3.8) is 0 Å². The Morgan fingerprint density at radius 1 is 0.947 bits per heavy atom. The maximum atomic E-state index is 5.87. The van der Waals surface area contributed by atoms with Gasteiger partial charge in [-0.3, -0.25) is 0 Å². The van der Waals surface area contributed by atoms with E-state index in [2.05, 4.69) is 54.7 Å². The van der Waals surface area contributed by atoms with Crippen molar-refractivity contribution in [3.05, 3.63) is 70.7 Å². The summed E-state index contributed by atoms with van der Waals surface area (Å²) in [5, 5.41) is 4.36. The average molecular weight is 274 g/mol. The second-order valence-corrected chi connectivity index (χ2v) is 5.36. The molecular weight excluding hydrogens is 254 g/mol. The van der Waals surface area contributed by atoms with Gasteiger partial charge >= 0.3 is 0 Å². The van der Waals surface area contributed by atoms with Gasteiger partial charge in [0.2, 0.25) is 0 Å². The van der Waals surface area contributed by atoms with Gasteiger partial charge in [0.25, 0.3) is 0 Å². The van der Waals surface area contributed by atoms with Gasteiger partial charge in [-0.05, 0) is 49.6 Å². The van der Waals surface area contributed by atoms with Crippen molar-refractivity contribution in [2.45, 2.75) is 25.8 Å². The highest BCUT2D eigenvalue weighted by Gasteiger charge is 2.02. The summed E-state index contributed by atoms with van der Waals surface area (Å²) in [7, 11) is 0. The summed E-state index contributed by atoms with van der Waals surface area (Å²) < 4.78 is 0. The molecule has 2 rings (SSSR count). The fourth-order valence-corrected chi connectivity index (χ4v) is 2.28. The van der Waals surface area contributed by atoms with Crippen LogP contribution in [0.5, 0.6) is 0 Å². The zero-order chi connectivity index (χ0) is 13.5. The summed E-state index contributed by atoms with van der Waals surface area (Å²) in [5.74, 6) is 0. The van der Waals surface area contributed by atoms with E-state index in [1.165, 1.54) is 11.1 Å². The van der Waals surface area contributed by atoms with Crippen LogP contribution in [0.3, 0.4) is 0 Å². The van der Waals surface area contributed by atoms with E-state index in [9.17, 15) is 0 Å². The minimum absolute atomic E-state index is 0.495. The maximum Gasteiger partial charge on any atom is 0.0406 e. The molecule has 1 unspecified atom stereocenters.